The van der Waals surface area contributed by atoms with E-state index in [0.29, 0.717) is 19.3 Å². The third-order valence-corrected chi connectivity index (χ3v) is 8.35. The molecule has 0 bridgehead atoms. The number of nitrogens with two attached hydrogens (primary N) is 1. The van der Waals surface area contributed by atoms with Crippen molar-refractivity contribution in [2.45, 2.75) is 105 Å². The van der Waals surface area contributed by atoms with Gasteiger partial charge in [0.05, 0.1) is 12.1 Å². The van der Waals surface area contributed by atoms with Gasteiger partial charge in [-0.1, -0.05) is 61.3 Å². The maximum absolute atomic E-state index is 13.9. The Morgan fingerprint density at radius 3 is 2.11 bits per heavy atom. The fraction of sp³-hybridized carbons (Fsp3) is 0.625. The summed E-state index contributed by atoms with van der Waals surface area (Å²) in [6.07, 6.45) is 2.38. The number of likely N-dealkylation sites (tertiary alicyclic amines) is 1. The molecule has 11 nitrogen and oxygen atoms in total. The number of primary amides is 1. The van der Waals surface area contributed by atoms with Gasteiger partial charge in [0.2, 0.25) is 17.6 Å². The van der Waals surface area contributed by atoms with Crippen molar-refractivity contribution in [3.8, 4) is 0 Å². The first-order valence-electron chi connectivity index (χ1n) is 15.3. The molecule has 1 saturated heterocycles. The highest BCUT2D eigenvalue weighted by Crippen LogP contribution is 2.26. The maximum Gasteiger partial charge on any atom is 0.316 e. The maximum atomic E-state index is 13.9. The summed E-state index contributed by atoms with van der Waals surface area (Å²) in [5.41, 5.74) is 4.68. The fourth-order valence-electron chi connectivity index (χ4n) is 5.17. The summed E-state index contributed by atoms with van der Waals surface area (Å²) in [4.78, 5) is 79.4. The number of carbonyl (C=O) groups excluding carboxylic acids is 6. The SMILES string of the molecule is CCC(C)CC(NC(=O)C1CCCN1C(=O)C(NC(=O)NC(C(=O)c1ccc(F)cc1)C(C)CC)C(C)(C)C)C(=O)C(N)=O. The minimum atomic E-state index is -1.14. The van der Waals surface area contributed by atoms with Gasteiger partial charge in [-0.3, -0.25) is 24.0 Å². The van der Waals surface area contributed by atoms with Crippen molar-refractivity contribution in [2.24, 2.45) is 23.0 Å². The number of hydrogen-bond donors (Lipinski definition) is 4. The van der Waals surface area contributed by atoms with Crippen molar-refractivity contribution in [1.82, 2.24) is 20.9 Å². The summed E-state index contributed by atoms with van der Waals surface area (Å²) in [5.74, 6) is -4.21. The molecule has 1 fully saturated rings. The molecule has 6 unspecified atom stereocenters. The number of halogens is 1. The Bertz CT molecular complexity index is 1210. The molecular formula is C32H48FN5O6. The van der Waals surface area contributed by atoms with E-state index >= 15 is 0 Å². The summed E-state index contributed by atoms with van der Waals surface area (Å²) in [5, 5.41) is 8.08. The molecule has 1 aromatic rings. The van der Waals surface area contributed by atoms with Crippen molar-refractivity contribution in [2.75, 3.05) is 6.54 Å². The van der Waals surface area contributed by atoms with Crippen LogP contribution in [0.2, 0.25) is 0 Å². The van der Waals surface area contributed by atoms with Crippen molar-refractivity contribution in [1.29, 1.82) is 0 Å². The topological polar surface area (TPSA) is 168 Å². The molecule has 1 aliphatic rings. The van der Waals surface area contributed by atoms with E-state index in [1.807, 2.05) is 27.7 Å². The number of ketones is 2. The largest absolute Gasteiger partial charge is 0.363 e. The van der Waals surface area contributed by atoms with Crippen LogP contribution in [-0.2, 0) is 19.2 Å². The molecule has 2 rings (SSSR count). The molecule has 0 saturated carbocycles. The highest BCUT2D eigenvalue weighted by molar-refractivity contribution is 6.37. The van der Waals surface area contributed by atoms with Crippen molar-refractivity contribution < 1.29 is 33.2 Å². The third kappa shape index (κ3) is 9.59. The van der Waals surface area contributed by atoms with Crippen molar-refractivity contribution >= 4 is 35.3 Å². The van der Waals surface area contributed by atoms with Crippen LogP contribution in [0.5, 0.6) is 0 Å². The second-order valence-electron chi connectivity index (χ2n) is 12.9. The zero-order valence-electron chi connectivity index (χ0n) is 26.9. The predicted molar refractivity (Wildman–Crippen MR) is 164 cm³/mol. The average Bonchev–Trinajstić information content (AvgIpc) is 3.47. The number of amides is 5. The Hall–Kier alpha value is -3.83. The van der Waals surface area contributed by atoms with Gasteiger partial charge >= 0.3 is 6.03 Å². The smallest absolute Gasteiger partial charge is 0.316 e. The highest BCUT2D eigenvalue weighted by Gasteiger charge is 2.43. The molecule has 5 amide bonds. The van der Waals surface area contributed by atoms with Crippen LogP contribution in [-0.4, -0.2) is 70.9 Å². The summed E-state index contributed by atoms with van der Waals surface area (Å²) < 4.78 is 13.4. The third-order valence-electron chi connectivity index (χ3n) is 8.35. The molecule has 0 aromatic heterocycles. The highest BCUT2D eigenvalue weighted by atomic mass is 19.1. The number of carbonyl (C=O) groups is 6. The van der Waals surface area contributed by atoms with Crippen molar-refractivity contribution in [3.05, 3.63) is 35.6 Å². The number of benzene rings is 1. The van der Waals surface area contributed by atoms with Gasteiger partial charge in [-0.15, -0.1) is 0 Å². The zero-order chi connectivity index (χ0) is 33.4. The van der Waals surface area contributed by atoms with Crippen LogP contribution >= 0.6 is 0 Å². The van der Waals surface area contributed by atoms with Gasteiger partial charge in [-0.25, -0.2) is 9.18 Å². The minimum Gasteiger partial charge on any atom is -0.363 e. The quantitative estimate of drug-likeness (QED) is 0.185. The normalized spacial score (nSPS) is 18.4. The lowest BCUT2D eigenvalue weighted by Crippen LogP contribution is -2.61. The molecule has 0 spiro atoms. The summed E-state index contributed by atoms with van der Waals surface area (Å²) in [6, 6.07) is 0.307. The van der Waals surface area contributed by atoms with Crippen LogP contribution < -0.4 is 21.7 Å². The molecule has 44 heavy (non-hydrogen) atoms. The first-order chi connectivity index (χ1) is 20.5. The first-order valence-corrected chi connectivity index (χ1v) is 15.3. The summed E-state index contributed by atoms with van der Waals surface area (Å²) in [7, 11) is 0. The van der Waals surface area contributed by atoms with Gasteiger partial charge in [0.15, 0.2) is 5.78 Å². The molecule has 244 valence electrons. The lowest BCUT2D eigenvalue weighted by Gasteiger charge is -2.36. The lowest BCUT2D eigenvalue weighted by atomic mass is 9.85. The van der Waals surface area contributed by atoms with Crippen LogP contribution in [0, 0.1) is 23.1 Å². The standard InChI is InChI=1S/C32H48FN5O6/c1-8-18(3)17-22(26(40)28(34)41)35-29(42)23-11-10-16-38(23)30(43)27(32(5,6)7)37-31(44)36-24(19(4)9-2)25(39)20-12-14-21(33)15-13-20/h12-15,18-19,22-24,27H,8-11,16-17H2,1-7H3,(H2,34,41)(H,35,42)(H2,36,37,44). The molecule has 1 aliphatic heterocycles. The first kappa shape index (κ1) is 36.4. The Labute approximate surface area is 259 Å². The number of nitrogens with one attached hydrogen (secondary N) is 3. The Morgan fingerprint density at radius 1 is 0.977 bits per heavy atom. The second kappa shape index (κ2) is 15.8. The number of rotatable bonds is 14. The van der Waals surface area contributed by atoms with E-state index < -0.39 is 64.9 Å². The number of urea groups is 1. The average molecular weight is 618 g/mol. The van der Waals surface area contributed by atoms with Crippen LogP contribution in [0.4, 0.5) is 9.18 Å². The van der Waals surface area contributed by atoms with Gasteiger partial charge in [-0.2, -0.15) is 0 Å². The zero-order valence-corrected chi connectivity index (χ0v) is 26.9. The van der Waals surface area contributed by atoms with E-state index in [1.54, 1.807) is 20.8 Å². The number of hydrogen-bond acceptors (Lipinski definition) is 6. The van der Waals surface area contributed by atoms with Crippen LogP contribution in [0.25, 0.3) is 0 Å². The predicted octanol–water partition coefficient (Wildman–Crippen LogP) is 3.10. The molecule has 6 atom stereocenters. The van der Waals surface area contributed by atoms with Gasteiger partial charge in [0.1, 0.15) is 17.9 Å². The van der Waals surface area contributed by atoms with E-state index in [-0.39, 0.29) is 36.1 Å². The van der Waals surface area contributed by atoms with E-state index in [4.69, 9.17) is 5.73 Å². The van der Waals surface area contributed by atoms with Gasteiger partial charge in [-0.05, 0) is 60.8 Å². The Balaban J connectivity index is 2.25. The second-order valence-corrected chi connectivity index (χ2v) is 12.9. The molecule has 0 radical (unpaired) electrons. The van der Waals surface area contributed by atoms with E-state index in [0.717, 1.165) is 6.42 Å². The summed E-state index contributed by atoms with van der Waals surface area (Å²) >= 11 is 0. The number of nitrogens with zero attached hydrogens (tertiary/aromatic N) is 1. The molecule has 12 heteroatoms. The van der Waals surface area contributed by atoms with Crippen LogP contribution in [0.3, 0.4) is 0 Å². The van der Waals surface area contributed by atoms with Gasteiger partial charge in [0.25, 0.3) is 5.91 Å². The molecule has 1 heterocycles. The van der Waals surface area contributed by atoms with E-state index in [2.05, 4.69) is 16.0 Å². The van der Waals surface area contributed by atoms with E-state index in [1.165, 1.54) is 29.2 Å². The van der Waals surface area contributed by atoms with E-state index in [9.17, 15) is 33.2 Å². The van der Waals surface area contributed by atoms with Crippen LogP contribution in [0.15, 0.2) is 24.3 Å². The van der Waals surface area contributed by atoms with Gasteiger partial charge < -0.3 is 26.6 Å². The van der Waals surface area contributed by atoms with Crippen LogP contribution in [0.1, 0.15) is 90.9 Å². The minimum absolute atomic E-state index is 0.0343. The number of Topliss-reactive ketones (excluding diaryl/α,β-unsaturated/α-hetero) is 2. The lowest BCUT2D eigenvalue weighted by molar-refractivity contribution is -0.143. The monoisotopic (exact) mass is 617 g/mol. The van der Waals surface area contributed by atoms with Gasteiger partial charge in [0, 0.05) is 12.1 Å². The molecule has 0 aliphatic carbocycles. The molecule has 1 aromatic carbocycles. The molecule has 5 N–H and O–H groups in total. The Morgan fingerprint density at radius 2 is 1.59 bits per heavy atom. The Kier molecular flexibility index (Phi) is 13.0. The van der Waals surface area contributed by atoms with Crippen molar-refractivity contribution in [3.63, 3.8) is 0 Å². The summed E-state index contributed by atoms with van der Waals surface area (Å²) in [6.45, 7) is 13.1. The molecular weight excluding hydrogens is 569 g/mol. The fourth-order valence-corrected chi connectivity index (χ4v) is 5.17.